The molecule has 1 atom stereocenters. The van der Waals surface area contributed by atoms with E-state index in [4.69, 9.17) is 4.52 Å². The van der Waals surface area contributed by atoms with Crippen molar-refractivity contribution in [1.29, 1.82) is 0 Å². The number of hydrogen-bond donors (Lipinski definition) is 0. The smallest absolute Gasteiger partial charge is 0.253 e. The van der Waals surface area contributed by atoms with Crippen LogP contribution >= 0.6 is 11.3 Å². The molecule has 0 N–H and O–H groups in total. The van der Waals surface area contributed by atoms with Crippen molar-refractivity contribution in [2.24, 2.45) is 0 Å². The van der Waals surface area contributed by atoms with Crippen molar-refractivity contribution in [3.05, 3.63) is 35.0 Å². The Hall–Kier alpha value is -1.18. The third-order valence-corrected chi connectivity index (χ3v) is 6.53. The highest BCUT2D eigenvalue weighted by atomic mass is 32.2. The van der Waals surface area contributed by atoms with E-state index in [1.807, 2.05) is 13.0 Å². The molecule has 0 radical (unpaired) electrons. The van der Waals surface area contributed by atoms with Crippen molar-refractivity contribution in [2.75, 3.05) is 6.54 Å². The second-order valence-corrected chi connectivity index (χ2v) is 7.63. The zero-order chi connectivity index (χ0) is 13.5. The minimum atomic E-state index is -3.41. The van der Waals surface area contributed by atoms with Gasteiger partial charge in [0.25, 0.3) is 10.0 Å². The van der Waals surface area contributed by atoms with Gasteiger partial charge in [-0.1, -0.05) is 11.2 Å². The molecule has 2 aromatic heterocycles. The van der Waals surface area contributed by atoms with Crippen LogP contribution in [0.2, 0.25) is 0 Å². The second kappa shape index (κ2) is 4.73. The fraction of sp³-hybridized carbons (Fsp3) is 0.417. The van der Waals surface area contributed by atoms with Gasteiger partial charge in [0.2, 0.25) is 0 Å². The molecule has 1 aliphatic rings. The van der Waals surface area contributed by atoms with E-state index >= 15 is 0 Å². The first-order chi connectivity index (χ1) is 9.09. The Bertz CT molecular complexity index is 661. The number of sulfonamides is 1. The molecule has 5 nitrogen and oxygen atoms in total. The number of hydrogen-bond acceptors (Lipinski definition) is 5. The van der Waals surface area contributed by atoms with Gasteiger partial charge < -0.3 is 4.52 Å². The molecule has 0 saturated carbocycles. The first-order valence-corrected chi connectivity index (χ1v) is 8.39. The van der Waals surface area contributed by atoms with E-state index in [-0.39, 0.29) is 6.04 Å². The molecule has 0 unspecified atom stereocenters. The maximum absolute atomic E-state index is 12.6. The summed E-state index contributed by atoms with van der Waals surface area (Å²) in [5, 5.41) is 5.74. The predicted octanol–water partition coefficient (Wildman–Crippen LogP) is 2.57. The summed E-state index contributed by atoms with van der Waals surface area (Å²) < 4.78 is 32.1. The molecule has 19 heavy (non-hydrogen) atoms. The normalized spacial score (nSPS) is 21.0. The summed E-state index contributed by atoms with van der Waals surface area (Å²) in [4.78, 5) is 0. The molecule has 1 aliphatic heterocycles. The van der Waals surface area contributed by atoms with E-state index in [9.17, 15) is 8.42 Å². The molecular weight excluding hydrogens is 284 g/mol. The molecule has 7 heteroatoms. The van der Waals surface area contributed by atoms with Crippen molar-refractivity contribution in [1.82, 2.24) is 9.46 Å². The van der Waals surface area contributed by atoms with Crippen LogP contribution in [0, 0.1) is 6.92 Å². The Labute approximate surface area is 115 Å². The van der Waals surface area contributed by atoms with Gasteiger partial charge in [0.15, 0.2) is 0 Å². The average Bonchev–Trinajstić information content (AvgIpc) is 3.10. The van der Waals surface area contributed by atoms with Crippen LogP contribution in [0.1, 0.15) is 30.3 Å². The van der Waals surface area contributed by atoms with Crippen molar-refractivity contribution in [3.63, 3.8) is 0 Å². The Balaban J connectivity index is 1.96. The molecule has 2 aromatic rings. The molecule has 0 aliphatic carbocycles. The van der Waals surface area contributed by atoms with Gasteiger partial charge in [-0.2, -0.15) is 4.31 Å². The fourth-order valence-electron chi connectivity index (χ4n) is 2.39. The van der Waals surface area contributed by atoms with Gasteiger partial charge in [-0.25, -0.2) is 8.42 Å². The summed E-state index contributed by atoms with van der Waals surface area (Å²) in [6.07, 6.45) is 1.64. The zero-order valence-electron chi connectivity index (χ0n) is 10.4. The van der Waals surface area contributed by atoms with E-state index < -0.39 is 10.0 Å². The van der Waals surface area contributed by atoms with Gasteiger partial charge in [-0.3, -0.25) is 0 Å². The van der Waals surface area contributed by atoms with Crippen LogP contribution in [-0.4, -0.2) is 24.4 Å². The molecule has 0 spiro atoms. The lowest BCUT2D eigenvalue weighted by Crippen LogP contribution is -2.30. The van der Waals surface area contributed by atoms with Crippen LogP contribution in [0.3, 0.4) is 0 Å². The lowest BCUT2D eigenvalue weighted by Gasteiger charge is -2.21. The highest BCUT2D eigenvalue weighted by Crippen LogP contribution is 2.37. The minimum Gasteiger partial charge on any atom is -0.361 e. The van der Waals surface area contributed by atoms with Crippen LogP contribution in [0.5, 0.6) is 0 Å². The topological polar surface area (TPSA) is 63.4 Å². The van der Waals surface area contributed by atoms with E-state index in [1.54, 1.807) is 17.5 Å². The van der Waals surface area contributed by atoms with E-state index in [0.29, 0.717) is 22.2 Å². The minimum absolute atomic E-state index is 0.204. The maximum atomic E-state index is 12.6. The van der Waals surface area contributed by atoms with Crippen molar-refractivity contribution >= 4 is 21.4 Å². The summed E-state index contributed by atoms with van der Waals surface area (Å²) in [6.45, 7) is 2.35. The van der Waals surface area contributed by atoms with Gasteiger partial charge in [0, 0.05) is 12.6 Å². The SMILES string of the molecule is Cc1cc([C@H]2CCCN2S(=O)(=O)c2cccs2)no1. The third-order valence-electron chi connectivity index (χ3n) is 3.25. The second-order valence-electron chi connectivity index (χ2n) is 4.57. The highest BCUT2D eigenvalue weighted by Gasteiger charge is 2.38. The summed E-state index contributed by atoms with van der Waals surface area (Å²) in [7, 11) is -3.41. The average molecular weight is 298 g/mol. The van der Waals surface area contributed by atoms with Gasteiger partial charge in [0.05, 0.1) is 6.04 Å². The number of rotatable bonds is 3. The van der Waals surface area contributed by atoms with Crippen LogP contribution in [0.15, 0.2) is 32.3 Å². The standard InChI is InChI=1S/C12H14N2O3S2/c1-9-8-10(13-17-9)11-4-2-6-14(11)19(15,16)12-5-3-7-18-12/h3,5,7-8,11H,2,4,6H2,1H3/t11-/m1/s1. The van der Waals surface area contributed by atoms with Crippen molar-refractivity contribution in [2.45, 2.75) is 30.0 Å². The largest absolute Gasteiger partial charge is 0.361 e. The molecule has 102 valence electrons. The first kappa shape index (κ1) is 12.8. The monoisotopic (exact) mass is 298 g/mol. The maximum Gasteiger partial charge on any atom is 0.253 e. The fourth-order valence-corrected chi connectivity index (χ4v) is 5.18. The zero-order valence-corrected chi connectivity index (χ0v) is 12.1. The van der Waals surface area contributed by atoms with Gasteiger partial charge in [0.1, 0.15) is 15.7 Å². The Morgan fingerprint density at radius 3 is 3.00 bits per heavy atom. The quantitative estimate of drug-likeness (QED) is 0.873. The van der Waals surface area contributed by atoms with Crippen LogP contribution in [0.4, 0.5) is 0 Å². The van der Waals surface area contributed by atoms with Crippen molar-refractivity contribution < 1.29 is 12.9 Å². The Morgan fingerprint density at radius 1 is 1.53 bits per heavy atom. The lowest BCUT2D eigenvalue weighted by atomic mass is 10.1. The third kappa shape index (κ3) is 2.22. The number of thiophene rings is 1. The molecule has 1 saturated heterocycles. The Morgan fingerprint density at radius 2 is 2.37 bits per heavy atom. The molecule has 1 fully saturated rings. The highest BCUT2D eigenvalue weighted by molar-refractivity contribution is 7.91. The van der Waals surface area contributed by atoms with Crippen LogP contribution in [-0.2, 0) is 10.0 Å². The molecular formula is C12H14N2O3S2. The summed E-state index contributed by atoms with van der Waals surface area (Å²) >= 11 is 1.25. The van der Waals surface area contributed by atoms with E-state index in [2.05, 4.69) is 5.16 Å². The summed E-state index contributed by atoms with van der Waals surface area (Å²) in [5.74, 6) is 0.704. The summed E-state index contributed by atoms with van der Waals surface area (Å²) in [6, 6.07) is 5.00. The first-order valence-electron chi connectivity index (χ1n) is 6.07. The lowest BCUT2D eigenvalue weighted by molar-refractivity contribution is 0.350. The number of aromatic nitrogens is 1. The summed E-state index contributed by atoms with van der Waals surface area (Å²) in [5.41, 5.74) is 0.704. The van der Waals surface area contributed by atoms with Crippen LogP contribution in [0.25, 0.3) is 0 Å². The molecule has 0 aromatic carbocycles. The molecule has 0 bridgehead atoms. The van der Waals surface area contributed by atoms with E-state index in [1.165, 1.54) is 15.6 Å². The van der Waals surface area contributed by atoms with Gasteiger partial charge in [-0.05, 0) is 31.2 Å². The van der Waals surface area contributed by atoms with Crippen LogP contribution < -0.4 is 0 Å². The van der Waals surface area contributed by atoms with Gasteiger partial charge in [-0.15, -0.1) is 11.3 Å². The van der Waals surface area contributed by atoms with E-state index in [0.717, 1.165) is 12.8 Å². The number of aryl methyl sites for hydroxylation is 1. The van der Waals surface area contributed by atoms with Crippen molar-refractivity contribution in [3.8, 4) is 0 Å². The predicted molar refractivity (Wildman–Crippen MR) is 71.4 cm³/mol. The molecule has 3 heterocycles. The molecule has 3 rings (SSSR count). The Kier molecular flexibility index (Phi) is 3.20. The number of nitrogens with zero attached hydrogens (tertiary/aromatic N) is 2. The van der Waals surface area contributed by atoms with Gasteiger partial charge >= 0.3 is 0 Å². The molecule has 0 amide bonds.